The maximum absolute atomic E-state index is 12.9. The number of imidazole rings is 1. The number of carbonyl (C=O) groups excluding carboxylic acids is 2. The third-order valence-corrected chi connectivity index (χ3v) is 4.21. The average Bonchev–Trinajstić information content (AvgIpc) is 3.25. The molecule has 8 heteroatoms. The van der Waals surface area contributed by atoms with Crippen molar-refractivity contribution in [3.8, 4) is 0 Å². The fourth-order valence-electron chi connectivity index (χ4n) is 2.65. The number of benzene rings is 2. The van der Waals surface area contributed by atoms with Gasteiger partial charge >= 0.3 is 6.03 Å². The Balaban J connectivity index is 1.39. The van der Waals surface area contributed by atoms with Gasteiger partial charge in [0.15, 0.2) is 0 Å². The van der Waals surface area contributed by atoms with Crippen molar-refractivity contribution >= 4 is 17.6 Å². The number of anilines is 1. The van der Waals surface area contributed by atoms with E-state index in [0.717, 1.165) is 18.5 Å². The molecule has 3 rings (SSSR count). The highest BCUT2D eigenvalue weighted by molar-refractivity contribution is 5.95. The maximum Gasteiger partial charge on any atom is 0.319 e. The molecule has 2 aromatic carbocycles. The van der Waals surface area contributed by atoms with E-state index in [4.69, 9.17) is 0 Å². The molecule has 1 aromatic heterocycles. The van der Waals surface area contributed by atoms with E-state index in [1.807, 2.05) is 10.8 Å². The first kappa shape index (κ1) is 20.1. The number of aryl methyl sites for hydroxylation is 1. The van der Waals surface area contributed by atoms with Crippen molar-refractivity contribution in [3.63, 3.8) is 0 Å². The SMILES string of the molecule is O=C(NCCCn1ccnc1)Nc1ccc(C(=O)NCc2ccc(F)cc2)cc1. The predicted molar refractivity (Wildman–Crippen MR) is 108 cm³/mol. The molecule has 0 radical (unpaired) electrons. The van der Waals surface area contributed by atoms with Crippen LogP contribution >= 0.6 is 0 Å². The summed E-state index contributed by atoms with van der Waals surface area (Å²) in [5.74, 6) is -0.560. The molecular formula is C21H22FN5O2. The van der Waals surface area contributed by atoms with Crippen LogP contribution in [0.5, 0.6) is 0 Å². The van der Waals surface area contributed by atoms with Crippen LogP contribution in [0.2, 0.25) is 0 Å². The van der Waals surface area contributed by atoms with Gasteiger partial charge in [-0.15, -0.1) is 0 Å². The van der Waals surface area contributed by atoms with E-state index in [2.05, 4.69) is 20.9 Å². The van der Waals surface area contributed by atoms with Crippen LogP contribution in [0.3, 0.4) is 0 Å². The summed E-state index contributed by atoms with van der Waals surface area (Å²) in [6.07, 6.45) is 6.11. The molecule has 3 amide bonds. The Morgan fingerprint density at radius 1 is 1.00 bits per heavy atom. The molecule has 0 aliphatic carbocycles. The van der Waals surface area contributed by atoms with Gasteiger partial charge in [0, 0.05) is 43.3 Å². The van der Waals surface area contributed by atoms with Crippen molar-refractivity contribution < 1.29 is 14.0 Å². The third kappa shape index (κ3) is 6.46. The van der Waals surface area contributed by atoms with E-state index in [1.165, 1.54) is 12.1 Å². The largest absolute Gasteiger partial charge is 0.348 e. The van der Waals surface area contributed by atoms with Gasteiger partial charge < -0.3 is 20.5 Å². The third-order valence-electron chi connectivity index (χ3n) is 4.21. The van der Waals surface area contributed by atoms with Gasteiger partial charge in [-0.25, -0.2) is 14.2 Å². The van der Waals surface area contributed by atoms with Crippen LogP contribution in [0, 0.1) is 5.82 Å². The van der Waals surface area contributed by atoms with Crippen LogP contribution in [0.25, 0.3) is 0 Å². The zero-order valence-corrected chi connectivity index (χ0v) is 15.8. The lowest BCUT2D eigenvalue weighted by Crippen LogP contribution is -2.30. The van der Waals surface area contributed by atoms with Crippen LogP contribution in [0.4, 0.5) is 14.9 Å². The number of urea groups is 1. The van der Waals surface area contributed by atoms with E-state index < -0.39 is 0 Å². The van der Waals surface area contributed by atoms with Crippen LogP contribution in [-0.2, 0) is 13.1 Å². The summed E-state index contributed by atoms with van der Waals surface area (Å²) in [5, 5.41) is 8.29. The highest BCUT2D eigenvalue weighted by Gasteiger charge is 2.07. The summed E-state index contributed by atoms with van der Waals surface area (Å²) in [4.78, 5) is 28.1. The fourth-order valence-corrected chi connectivity index (χ4v) is 2.65. The highest BCUT2D eigenvalue weighted by atomic mass is 19.1. The Kier molecular flexibility index (Phi) is 6.94. The second-order valence-electron chi connectivity index (χ2n) is 6.42. The number of nitrogens with one attached hydrogen (secondary N) is 3. The minimum Gasteiger partial charge on any atom is -0.348 e. The molecular weight excluding hydrogens is 373 g/mol. The van der Waals surface area contributed by atoms with Gasteiger partial charge in [0.05, 0.1) is 6.33 Å². The van der Waals surface area contributed by atoms with E-state index in [9.17, 15) is 14.0 Å². The summed E-state index contributed by atoms with van der Waals surface area (Å²) in [5.41, 5.74) is 1.87. The molecule has 0 bridgehead atoms. The number of carbonyl (C=O) groups is 2. The van der Waals surface area contributed by atoms with Crippen LogP contribution in [-0.4, -0.2) is 28.0 Å². The smallest absolute Gasteiger partial charge is 0.319 e. The number of hydrogen-bond donors (Lipinski definition) is 3. The number of halogens is 1. The second-order valence-corrected chi connectivity index (χ2v) is 6.42. The summed E-state index contributed by atoms with van der Waals surface area (Å²) >= 11 is 0. The zero-order valence-electron chi connectivity index (χ0n) is 15.8. The Hall–Kier alpha value is -3.68. The van der Waals surface area contributed by atoms with E-state index in [-0.39, 0.29) is 17.8 Å². The van der Waals surface area contributed by atoms with Gasteiger partial charge in [0.2, 0.25) is 0 Å². The average molecular weight is 395 g/mol. The molecule has 0 atom stereocenters. The molecule has 7 nitrogen and oxygen atoms in total. The molecule has 0 saturated heterocycles. The van der Waals surface area contributed by atoms with Gasteiger partial charge in [0.1, 0.15) is 5.82 Å². The quantitative estimate of drug-likeness (QED) is 0.512. The summed E-state index contributed by atoms with van der Waals surface area (Å²) < 4.78 is 14.8. The van der Waals surface area contributed by atoms with E-state index in [0.29, 0.717) is 24.3 Å². The van der Waals surface area contributed by atoms with Gasteiger partial charge in [-0.3, -0.25) is 4.79 Å². The maximum atomic E-state index is 12.9. The molecule has 1 heterocycles. The second kappa shape index (κ2) is 10.0. The van der Waals surface area contributed by atoms with E-state index in [1.54, 1.807) is 48.9 Å². The topological polar surface area (TPSA) is 88.1 Å². The Morgan fingerprint density at radius 3 is 2.45 bits per heavy atom. The molecule has 29 heavy (non-hydrogen) atoms. The number of amides is 3. The van der Waals surface area contributed by atoms with Crippen molar-refractivity contribution in [1.82, 2.24) is 20.2 Å². The Morgan fingerprint density at radius 2 is 1.76 bits per heavy atom. The minimum atomic E-state index is -0.314. The van der Waals surface area contributed by atoms with Crippen molar-refractivity contribution in [2.75, 3.05) is 11.9 Å². The fraction of sp³-hybridized carbons (Fsp3) is 0.190. The summed E-state index contributed by atoms with van der Waals surface area (Å²) in [6, 6.07) is 12.2. The molecule has 0 saturated carbocycles. The zero-order chi connectivity index (χ0) is 20.5. The molecule has 0 aliphatic rings. The normalized spacial score (nSPS) is 10.4. The van der Waals surface area contributed by atoms with Crippen LogP contribution < -0.4 is 16.0 Å². The highest BCUT2D eigenvalue weighted by Crippen LogP contribution is 2.10. The van der Waals surface area contributed by atoms with Crippen molar-refractivity contribution in [1.29, 1.82) is 0 Å². The van der Waals surface area contributed by atoms with Crippen molar-refractivity contribution in [2.24, 2.45) is 0 Å². The van der Waals surface area contributed by atoms with Crippen molar-refractivity contribution in [3.05, 3.63) is 84.2 Å². The Bertz CT molecular complexity index is 925. The monoisotopic (exact) mass is 395 g/mol. The number of hydrogen-bond acceptors (Lipinski definition) is 3. The molecule has 3 N–H and O–H groups in total. The number of rotatable bonds is 8. The lowest BCUT2D eigenvalue weighted by molar-refractivity contribution is 0.0951. The van der Waals surface area contributed by atoms with Crippen LogP contribution in [0.15, 0.2) is 67.3 Å². The summed E-state index contributed by atoms with van der Waals surface area (Å²) in [7, 11) is 0. The number of nitrogens with zero attached hydrogens (tertiary/aromatic N) is 2. The number of aromatic nitrogens is 2. The van der Waals surface area contributed by atoms with Gasteiger partial charge in [0.25, 0.3) is 5.91 Å². The molecule has 0 fully saturated rings. The first-order chi connectivity index (χ1) is 14.1. The molecule has 0 spiro atoms. The van der Waals surface area contributed by atoms with Crippen LogP contribution in [0.1, 0.15) is 22.3 Å². The lowest BCUT2D eigenvalue weighted by atomic mass is 10.1. The lowest BCUT2D eigenvalue weighted by Gasteiger charge is -2.09. The first-order valence-corrected chi connectivity index (χ1v) is 9.23. The standard InChI is InChI=1S/C21H22FN5O2/c22-18-6-2-16(3-7-18)14-25-20(28)17-4-8-19(9-5-17)26-21(29)24-10-1-12-27-13-11-23-15-27/h2-9,11,13,15H,1,10,12,14H2,(H,25,28)(H2,24,26,29). The van der Waals surface area contributed by atoms with Gasteiger partial charge in [-0.05, 0) is 48.4 Å². The molecule has 0 unspecified atom stereocenters. The Labute approximate surface area is 168 Å². The molecule has 3 aromatic rings. The predicted octanol–water partition coefficient (Wildman–Crippen LogP) is 3.16. The molecule has 150 valence electrons. The van der Waals surface area contributed by atoms with Gasteiger partial charge in [-0.1, -0.05) is 12.1 Å². The minimum absolute atomic E-state index is 0.246. The van der Waals surface area contributed by atoms with E-state index >= 15 is 0 Å². The molecule has 0 aliphatic heterocycles. The summed E-state index contributed by atoms with van der Waals surface area (Å²) in [6.45, 7) is 1.62. The first-order valence-electron chi connectivity index (χ1n) is 9.23. The van der Waals surface area contributed by atoms with Crippen molar-refractivity contribution in [2.45, 2.75) is 19.5 Å². The van der Waals surface area contributed by atoms with Gasteiger partial charge in [-0.2, -0.15) is 0 Å².